The number of hydrogen-bond acceptors (Lipinski definition) is 2. The highest BCUT2D eigenvalue weighted by molar-refractivity contribution is 5.84. The van der Waals surface area contributed by atoms with E-state index >= 15 is 0 Å². The molecule has 0 aromatic carbocycles. The largest absolute Gasteiger partial charge is 0.369 e. The van der Waals surface area contributed by atoms with E-state index in [-0.39, 0.29) is 5.91 Å². The van der Waals surface area contributed by atoms with Gasteiger partial charge in [-0.05, 0) is 39.5 Å². The second-order valence-electron chi connectivity index (χ2n) is 4.86. The van der Waals surface area contributed by atoms with E-state index < -0.39 is 5.60 Å². The van der Waals surface area contributed by atoms with Gasteiger partial charge in [-0.2, -0.15) is 0 Å². The van der Waals surface area contributed by atoms with E-state index in [1.165, 1.54) is 19.3 Å². The maximum Gasteiger partial charge on any atom is 0.254 e. The Hall–Kier alpha value is -0.570. The zero-order chi connectivity index (χ0) is 11.5. The highest BCUT2D eigenvalue weighted by atomic mass is 16.5. The molecule has 0 aromatic heterocycles. The Morgan fingerprint density at radius 2 is 2.07 bits per heavy atom. The minimum absolute atomic E-state index is 0.111. The van der Waals surface area contributed by atoms with Crippen molar-refractivity contribution in [2.45, 2.75) is 45.6 Å². The summed E-state index contributed by atoms with van der Waals surface area (Å²) >= 11 is 0. The van der Waals surface area contributed by atoms with Crippen molar-refractivity contribution in [2.24, 2.45) is 5.92 Å². The van der Waals surface area contributed by atoms with E-state index in [1.807, 2.05) is 25.7 Å². The molecular formula is C12H23NO2. The number of methoxy groups -OCH3 is 1. The Morgan fingerprint density at radius 3 is 2.40 bits per heavy atom. The van der Waals surface area contributed by atoms with Gasteiger partial charge in [-0.1, -0.05) is 6.42 Å². The Bertz CT molecular complexity index is 222. The van der Waals surface area contributed by atoms with Crippen LogP contribution in [-0.4, -0.2) is 36.6 Å². The topological polar surface area (TPSA) is 29.5 Å². The highest BCUT2D eigenvalue weighted by Gasteiger charge is 2.33. The van der Waals surface area contributed by atoms with Crippen LogP contribution in [0.25, 0.3) is 0 Å². The molecule has 1 saturated carbocycles. The summed E-state index contributed by atoms with van der Waals surface area (Å²) < 4.78 is 5.22. The second-order valence-corrected chi connectivity index (χ2v) is 4.86. The van der Waals surface area contributed by atoms with Crippen LogP contribution in [0.3, 0.4) is 0 Å². The fourth-order valence-corrected chi connectivity index (χ4v) is 1.81. The summed E-state index contributed by atoms with van der Waals surface area (Å²) in [6, 6.07) is 0. The summed E-state index contributed by atoms with van der Waals surface area (Å²) in [5.41, 5.74) is -0.681. The van der Waals surface area contributed by atoms with E-state index in [1.54, 1.807) is 7.11 Å². The van der Waals surface area contributed by atoms with Crippen LogP contribution in [-0.2, 0) is 9.53 Å². The summed E-state index contributed by atoms with van der Waals surface area (Å²) in [4.78, 5) is 14.0. The molecule has 0 radical (unpaired) electrons. The highest BCUT2D eigenvalue weighted by Crippen LogP contribution is 2.27. The summed E-state index contributed by atoms with van der Waals surface area (Å²) in [6.07, 6.45) is 3.87. The van der Waals surface area contributed by atoms with Crippen LogP contribution in [0.4, 0.5) is 0 Å². The molecule has 1 fully saturated rings. The van der Waals surface area contributed by atoms with Crippen molar-refractivity contribution >= 4 is 5.91 Å². The molecule has 0 atom stereocenters. The van der Waals surface area contributed by atoms with Crippen molar-refractivity contribution in [2.75, 3.05) is 20.2 Å². The van der Waals surface area contributed by atoms with Gasteiger partial charge in [-0.15, -0.1) is 0 Å². The molecule has 0 saturated heterocycles. The van der Waals surface area contributed by atoms with Gasteiger partial charge < -0.3 is 9.64 Å². The molecule has 1 amide bonds. The number of ether oxygens (including phenoxy) is 1. The molecular weight excluding hydrogens is 190 g/mol. The molecule has 0 spiro atoms. The Balaban J connectivity index is 2.52. The van der Waals surface area contributed by atoms with Gasteiger partial charge in [0.05, 0.1) is 0 Å². The van der Waals surface area contributed by atoms with Crippen LogP contribution < -0.4 is 0 Å². The van der Waals surface area contributed by atoms with Crippen molar-refractivity contribution in [3.8, 4) is 0 Å². The minimum atomic E-state index is -0.681. The molecule has 0 N–H and O–H groups in total. The lowest BCUT2D eigenvalue weighted by Crippen LogP contribution is -2.48. The van der Waals surface area contributed by atoms with Crippen molar-refractivity contribution in [3.63, 3.8) is 0 Å². The quantitative estimate of drug-likeness (QED) is 0.699. The van der Waals surface area contributed by atoms with Crippen LogP contribution in [0.5, 0.6) is 0 Å². The van der Waals surface area contributed by atoms with Gasteiger partial charge in [0.15, 0.2) is 0 Å². The van der Waals surface area contributed by atoms with Gasteiger partial charge in [0, 0.05) is 20.2 Å². The smallest absolute Gasteiger partial charge is 0.254 e. The molecule has 0 aliphatic heterocycles. The molecule has 1 rings (SSSR count). The SMILES string of the molecule is CCN(CC1CCC1)C(=O)C(C)(C)OC. The molecule has 0 unspecified atom stereocenters. The average molecular weight is 213 g/mol. The van der Waals surface area contributed by atoms with E-state index in [4.69, 9.17) is 4.74 Å². The molecule has 0 bridgehead atoms. The average Bonchev–Trinajstić information content (AvgIpc) is 2.16. The molecule has 1 aliphatic rings. The first kappa shape index (κ1) is 12.5. The van der Waals surface area contributed by atoms with Gasteiger partial charge in [0.25, 0.3) is 5.91 Å². The monoisotopic (exact) mass is 213 g/mol. The first-order chi connectivity index (χ1) is 7.01. The Labute approximate surface area is 92.8 Å². The molecule has 15 heavy (non-hydrogen) atoms. The second kappa shape index (κ2) is 4.97. The standard InChI is InChI=1S/C12H23NO2/c1-5-13(9-10-7-6-8-10)11(14)12(2,3)15-4/h10H,5-9H2,1-4H3. The van der Waals surface area contributed by atoms with Gasteiger partial charge in [0.2, 0.25) is 0 Å². The molecule has 1 aliphatic carbocycles. The number of carbonyl (C=O) groups is 1. The maximum atomic E-state index is 12.1. The third-order valence-corrected chi connectivity index (χ3v) is 3.40. The van der Waals surface area contributed by atoms with Crippen LogP contribution >= 0.6 is 0 Å². The lowest BCUT2D eigenvalue weighted by Gasteiger charge is -2.35. The van der Waals surface area contributed by atoms with E-state index in [0.717, 1.165) is 19.0 Å². The number of carbonyl (C=O) groups excluding carboxylic acids is 1. The Morgan fingerprint density at radius 1 is 1.47 bits per heavy atom. The Kier molecular flexibility index (Phi) is 4.14. The molecule has 88 valence electrons. The van der Waals surface area contributed by atoms with Crippen LogP contribution in [0.1, 0.15) is 40.0 Å². The fraction of sp³-hybridized carbons (Fsp3) is 0.917. The zero-order valence-corrected chi connectivity index (χ0v) is 10.4. The number of likely N-dealkylation sites (N-methyl/N-ethyl adjacent to an activating group) is 1. The molecule has 0 aromatic rings. The van der Waals surface area contributed by atoms with Crippen LogP contribution in [0.15, 0.2) is 0 Å². The van der Waals surface area contributed by atoms with Crippen molar-refractivity contribution in [1.82, 2.24) is 4.90 Å². The lowest BCUT2D eigenvalue weighted by molar-refractivity contribution is -0.151. The minimum Gasteiger partial charge on any atom is -0.369 e. The maximum absolute atomic E-state index is 12.1. The third-order valence-electron chi connectivity index (χ3n) is 3.40. The summed E-state index contributed by atoms with van der Waals surface area (Å²) in [5, 5.41) is 0. The first-order valence-electron chi connectivity index (χ1n) is 5.85. The van der Waals surface area contributed by atoms with Crippen molar-refractivity contribution < 1.29 is 9.53 Å². The predicted molar refractivity (Wildman–Crippen MR) is 60.7 cm³/mol. The summed E-state index contributed by atoms with van der Waals surface area (Å²) in [6.45, 7) is 7.38. The first-order valence-corrected chi connectivity index (χ1v) is 5.85. The zero-order valence-electron chi connectivity index (χ0n) is 10.4. The third kappa shape index (κ3) is 2.94. The van der Waals surface area contributed by atoms with Crippen molar-refractivity contribution in [1.29, 1.82) is 0 Å². The van der Waals surface area contributed by atoms with E-state index in [9.17, 15) is 4.79 Å². The fourth-order valence-electron chi connectivity index (χ4n) is 1.81. The normalized spacial score (nSPS) is 17.3. The number of nitrogens with zero attached hydrogens (tertiary/aromatic N) is 1. The molecule has 3 nitrogen and oxygen atoms in total. The summed E-state index contributed by atoms with van der Waals surface area (Å²) in [7, 11) is 1.59. The van der Waals surface area contributed by atoms with Crippen molar-refractivity contribution in [3.05, 3.63) is 0 Å². The van der Waals surface area contributed by atoms with Crippen LogP contribution in [0, 0.1) is 5.92 Å². The summed E-state index contributed by atoms with van der Waals surface area (Å²) in [5.74, 6) is 0.834. The molecule has 3 heteroatoms. The van der Waals surface area contributed by atoms with Gasteiger partial charge in [-0.25, -0.2) is 0 Å². The van der Waals surface area contributed by atoms with E-state index in [2.05, 4.69) is 0 Å². The predicted octanol–water partition coefficient (Wildman–Crippen LogP) is 2.06. The number of rotatable bonds is 5. The number of hydrogen-bond donors (Lipinski definition) is 0. The van der Waals surface area contributed by atoms with Gasteiger partial charge in [0.1, 0.15) is 5.60 Å². The van der Waals surface area contributed by atoms with Crippen LogP contribution in [0.2, 0.25) is 0 Å². The molecule has 0 heterocycles. The number of amides is 1. The van der Waals surface area contributed by atoms with Gasteiger partial charge in [-0.3, -0.25) is 4.79 Å². The lowest BCUT2D eigenvalue weighted by atomic mass is 9.85. The van der Waals surface area contributed by atoms with E-state index in [0.29, 0.717) is 0 Å². The van der Waals surface area contributed by atoms with Gasteiger partial charge >= 0.3 is 0 Å².